The van der Waals surface area contributed by atoms with Gasteiger partial charge in [0.2, 0.25) is 0 Å². The maximum atomic E-state index is 13.8. The monoisotopic (exact) mass is 301 g/mol. The predicted octanol–water partition coefficient (Wildman–Crippen LogP) is 4.30. The number of hydrogen-bond acceptors (Lipinski definition) is 2. The van der Waals surface area contributed by atoms with E-state index < -0.39 is 11.9 Å². The first-order valence-corrected chi connectivity index (χ1v) is 6.98. The highest BCUT2D eigenvalue weighted by Gasteiger charge is 2.14. The van der Waals surface area contributed by atoms with Crippen molar-refractivity contribution in [3.8, 4) is 0 Å². The largest absolute Gasteiger partial charge is 0.388 e. The molecule has 21 heavy (non-hydrogen) atoms. The summed E-state index contributed by atoms with van der Waals surface area (Å²) in [5.41, 5.74) is 1.91. The first-order chi connectivity index (χ1) is 10.1. The van der Waals surface area contributed by atoms with Gasteiger partial charge >= 0.3 is 0 Å². The van der Waals surface area contributed by atoms with Gasteiger partial charge in [0.1, 0.15) is 5.82 Å². The summed E-state index contributed by atoms with van der Waals surface area (Å²) in [5.74, 6) is -0.399. The number of rotatable bonds is 3. The van der Waals surface area contributed by atoms with Gasteiger partial charge in [0.05, 0.1) is 11.6 Å². The van der Waals surface area contributed by atoms with E-state index in [1.165, 1.54) is 6.07 Å². The minimum absolute atomic E-state index is 0.136. The highest BCUT2D eigenvalue weighted by Crippen LogP contribution is 2.27. The lowest BCUT2D eigenvalue weighted by Crippen LogP contribution is -2.04. The van der Waals surface area contributed by atoms with E-state index in [0.29, 0.717) is 10.6 Å². The average molecular weight is 302 g/mol. The molecule has 3 rings (SSSR count). The van der Waals surface area contributed by atoms with Gasteiger partial charge in [-0.3, -0.25) is 4.98 Å². The molecule has 1 atom stereocenters. The molecule has 0 aliphatic rings. The zero-order chi connectivity index (χ0) is 14.8. The smallest absolute Gasteiger partial charge is 0.127 e. The maximum Gasteiger partial charge on any atom is 0.127 e. The van der Waals surface area contributed by atoms with Crippen LogP contribution >= 0.6 is 11.6 Å². The van der Waals surface area contributed by atoms with Gasteiger partial charge < -0.3 is 5.11 Å². The van der Waals surface area contributed by atoms with Crippen molar-refractivity contribution in [1.82, 2.24) is 4.98 Å². The van der Waals surface area contributed by atoms with Gasteiger partial charge in [0, 0.05) is 28.6 Å². The van der Waals surface area contributed by atoms with Crippen molar-refractivity contribution < 1.29 is 9.50 Å². The van der Waals surface area contributed by atoms with Crippen LogP contribution in [0.3, 0.4) is 0 Å². The Labute approximate surface area is 126 Å². The Kier molecular flexibility index (Phi) is 3.86. The highest BCUT2D eigenvalue weighted by atomic mass is 35.5. The molecule has 1 N–H and O–H groups in total. The lowest BCUT2D eigenvalue weighted by Gasteiger charge is -2.13. The zero-order valence-electron chi connectivity index (χ0n) is 11.1. The summed E-state index contributed by atoms with van der Waals surface area (Å²) < 4.78 is 13.8. The van der Waals surface area contributed by atoms with E-state index in [1.54, 1.807) is 24.4 Å². The fraction of sp³-hybridized carbons (Fsp3) is 0.118. The number of hydrogen-bond donors (Lipinski definition) is 1. The SMILES string of the molecule is OC(Cc1c(F)cccc1Cl)c1ccc2ncccc2c1. The molecule has 0 aliphatic carbocycles. The number of halogens is 2. The van der Waals surface area contributed by atoms with E-state index in [2.05, 4.69) is 4.98 Å². The topological polar surface area (TPSA) is 33.1 Å². The van der Waals surface area contributed by atoms with E-state index in [9.17, 15) is 9.50 Å². The van der Waals surface area contributed by atoms with Crippen molar-refractivity contribution in [2.45, 2.75) is 12.5 Å². The Morgan fingerprint density at radius 3 is 2.81 bits per heavy atom. The summed E-state index contributed by atoms with van der Waals surface area (Å²) in [5, 5.41) is 11.6. The van der Waals surface area contributed by atoms with Crippen LogP contribution in [0, 0.1) is 5.82 Å². The molecule has 0 amide bonds. The first-order valence-electron chi connectivity index (χ1n) is 6.61. The van der Waals surface area contributed by atoms with Gasteiger partial charge in [0.15, 0.2) is 0 Å². The van der Waals surface area contributed by atoms with Crippen molar-refractivity contribution in [2.75, 3.05) is 0 Å². The van der Waals surface area contributed by atoms with Crippen LogP contribution in [0.25, 0.3) is 10.9 Å². The lowest BCUT2D eigenvalue weighted by molar-refractivity contribution is 0.177. The minimum Gasteiger partial charge on any atom is -0.388 e. The number of aliphatic hydroxyl groups is 1. The molecule has 2 nitrogen and oxygen atoms in total. The average Bonchev–Trinajstić information content (AvgIpc) is 2.50. The van der Waals surface area contributed by atoms with Gasteiger partial charge in [-0.1, -0.05) is 29.8 Å². The molecule has 0 aliphatic heterocycles. The van der Waals surface area contributed by atoms with Gasteiger partial charge in [0.25, 0.3) is 0 Å². The van der Waals surface area contributed by atoms with E-state index >= 15 is 0 Å². The molecular formula is C17H13ClFNO. The summed E-state index contributed by atoms with van der Waals surface area (Å²) in [7, 11) is 0. The summed E-state index contributed by atoms with van der Waals surface area (Å²) in [4.78, 5) is 4.23. The van der Waals surface area contributed by atoms with E-state index in [0.717, 1.165) is 16.5 Å². The standard InChI is InChI=1S/C17H13ClFNO/c18-14-4-1-5-15(19)13(14)10-17(21)12-6-7-16-11(9-12)3-2-8-20-16/h1-9,17,21H,10H2. The van der Waals surface area contributed by atoms with Crippen LogP contribution in [-0.2, 0) is 6.42 Å². The normalized spacial score (nSPS) is 12.5. The summed E-state index contributed by atoms with van der Waals surface area (Å²) in [6, 6.07) is 13.8. The molecule has 3 aromatic rings. The second kappa shape index (κ2) is 5.80. The molecular weight excluding hydrogens is 289 g/mol. The number of fused-ring (bicyclic) bond motifs is 1. The predicted molar refractivity (Wildman–Crippen MR) is 81.8 cm³/mol. The second-order valence-corrected chi connectivity index (χ2v) is 5.28. The third-order valence-corrected chi connectivity index (χ3v) is 3.83. The molecule has 0 saturated carbocycles. The highest BCUT2D eigenvalue weighted by molar-refractivity contribution is 6.31. The van der Waals surface area contributed by atoms with Gasteiger partial charge in [-0.15, -0.1) is 0 Å². The molecule has 2 aromatic carbocycles. The minimum atomic E-state index is -0.816. The Hall–Kier alpha value is -1.97. The molecule has 4 heteroatoms. The van der Waals surface area contributed by atoms with E-state index in [-0.39, 0.29) is 6.42 Å². The van der Waals surface area contributed by atoms with Gasteiger partial charge in [-0.2, -0.15) is 0 Å². The van der Waals surface area contributed by atoms with Gasteiger partial charge in [-0.05, 0) is 35.9 Å². The van der Waals surface area contributed by atoms with Crippen LogP contribution in [0.1, 0.15) is 17.2 Å². The molecule has 0 spiro atoms. The first kappa shape index (κ1) is 14.0. The lowest BCUT2D eigenvalue weighted by atomic mass is 9.99. The Balaban J connectivity index is 1.91. The number of benzene rings is 2. The second-order valence-electron chi connectivity index (χ2n) is 4.88. The molecule has 1 aromatic heterocycles. The van der Waals surface area contributed by atoms with Crippen molar-refractivity contribution in [3.05, 3.63) is 76.7 Å². The van der Waals surface area contributed by atoms with Crippen LogP contribution in [0.15, 0.2) is 54.7 Å². The fourth-order valence-corrected chi connectivity index (χ4v) is 2.58. The number of aliphatic hydroxyl groups excluding tert-OH is 1. The Bertz CT molecular complexity index is 770. The van der Waals surface area contributed by atoms with E-state index in [1.807, 2.05) is 24.3 Å². The molecule has 106 valence electrons. The van der Waals surface area contributed by atoms with Crippen LogP contribution in [-0.4, -0.2) is 10.1 Å². The van der Waals surface area contributed by atoms with Crippen LogP contribution in [0.2, 0.25) is 5.02 Å². The third kappa shape index (κ3) is 2.89. The van der Waals surface area contributed by atoms with Crippen molar-refractivity contribution in [3.63, 3.8) is 0 Å². The van der Waals surface area contributed by atoms with Gasteiger partial charge in [-0.25, -0.2) is 4.39 Å². The number of nitrogens with zero attached hydrogens (tertiary/aromatic N) is 1. The Morgan fingerprint density at radius 1 is 1.14 bits per heavy atom. The summed E-state index contributed by atoms with van der Waals surface area (Å²) >= 11 is 6.00. The quantitative estimate of drug-likeness (QED) is 0.782. The van der Waals surface area contributed by atoms with Crippen molar-refractivity contribution >= 4 is 22.5 Å². The Morgan fingerprint density at radius 2 is 2.00 bits per heavy atom. The van der Waals surface area contributed by atoms with Crippen LogP contribution in [0.4, 0.5) is 4.39 Å². The van der Waals surface area contributed by atoms with Crippen molar-refractivity contribution in [1.29, 1.82) is 0 Å². The summed E-state index contributed by atoms with van der Waals surface area (Å²) in [6.45, 7) is 0. The molecule has 0 saturated heterocycles. The summed E-state index contributed by atoms with van der Waals surface area (Å²) in [6.07, 6.45) is 1.04. The number of aromatic nitrogens is 1. The molecule has 0 radical (unpaired) electrons. The molecule has 0 fully saturated rings. The van der Waals surface area contributed by atoms with Crippen molar-refractivity contribution in [2.24, 2.45) is 0 Å². The van der Waals surface area contributed by atoms with Crippen LogP contribution in [0.5, 0.6) is 0 Å². The maximum absolute atomic E-state index is 13.8. The number of pyridine rings is 1. The van der Waals surface area contributed by atoms with Crippen LogP contribution < -0.4 is 0 Å². The molecule has 1 unspecified atom stereocenters. The fourth-order valence-electron chi connectivity index (χ4n) is 2.34. The molecule has 1 heterocycles. The third-order valence-electron chi connectivity index (χ3n) is 3.47. The van der Waals surface area contributed by atoms with E-state index in [4.69, 9.17) is 11.6 Å². The zero-order valence-corrected chi connectivity index (χ0v) is 11.9. The molecule has 0 bridgehead atoms.